The zero-order valence-electron chi connectivity index (χ0n) is 11.2. The van der Waals surface area contributed by atoms with Crippen molar-refractivity contribution in [3.8, 4) is 0 Å². The van der Waals surface area contributed by atoms with Crippen LogP contribution in [-0.2, 0) is 6.54 Å². The van der Waals surface area contributed by atoms with Gasteiger partial charge in [0.25, 0.3) is 5.91 Å². The van der Waals surface area contributed by atoms with E-state index >= 15 is 0 Å². The minimum absolute atomic E-state index is 0.0816. The Kier molecular flexibility index (Phi) is 3.89. The summed E-state index contributed by atoms with van der Waals surface area (Å²) >= 11 is 0. The van der Waals surface area contributed by atoms with Crippen LogP contribution in [0.3, 0.4) is 0 Å². The first-order chi connectivity index (χ1) is 8.63. The zero-order valence-corrected chi connectivity index (χ0v) is 11.2. The number of nitrogens with zero attached hydrogens (tertiary/aromatic N) is 2. The summed E-state index contributed by atoms with van der Waals surface area (Å²) in [5.74, 6) is -0.0816. The van der Waals surface area contributed by atoms with E-state index in [1.807, 2.05) is 13.8 Å². The number of aryl methyl sites for hydroxylation is 2. The third-order valence-corrected chi connectivity index (χ3v) is 3.63. The smallest absolute Gasteiger partial charge is 0.271 e. The quantitative estimate of drug-likeness (QED) is 0.860. The molecule has 0 spiro atoms. The predicted octanol–water partition coefficient (Wildman–Crippen LogP) is 1.86. The molecule has 0 aliphatic heterocycles. The molecule has 0 saturated heterocycles. The topological polar surface area (TPSA) is 72.9 Å². The van der Waals surface area contributed by atoms with Crippen molar-refractivity contribution in [2.24, 2.45) is 0 Å². The largest absolute Gasteiger partial charge is 0.395 e. The number of hydrogen-bond donors (Lipinski definition) is 2. The number of nitrogens with two attached hydrogens (primary N) is 1. The van der Waals surface area contributed by atoms with Gasteiger partial charge in [-0.25, -0.2) is 0 Å². The zero-order chi connectivity index (χ0) is 13.1. The van der Waals surface area contributed by atoms with Crippen LogP contribution in [-0.4, -0.2) is 21.7 Å². The molecule has 1 aromatic rings. The van der Waals surface area contributed by atoms with Crippen LogP contribution in [0.5, 0.6) is 0 Å². The molecular formula is C13H22N4O. The van der Waals surface area contributed by atoms with Crippen molar-refractivity contribution in [1.29, 1.82) is 0 Å². The van der Waals surface area contributed by atoms with Crippen molar-refractivity contribution < 1.29 is 4.79 Å². The van der Waals surface area contributed by atoms with Crippen LogP contribution in [0, 0.1) is 6.92 Å². The number of carbonyl (C=O) groups is 1. The van der Waals surface area contributed by atoms with Crippen molar-refractivity contribution in [2.75, 3.05) is 5.73 Å². The number of amides is 1. The molecule has 0 unspecified atom stereocenters. The van der Waals surface area contributed by atoms with Gasteiger partial charge in [0.2, 0.25) is 0 Å². The van der Waals surface area contributed by atoms with Crippen LogP contribution in [0.4, 0.5) is 5.69 Å². The van der Waals surface area contributed by atoms with Crippen LogP contribution >= 0.6 is 0 Å². The highest BCUT2D eigenvalue weighted by Gasteiger charge is 2.22. The molecule has 1 heterocycles. The average molecular weight is 250 g/mol. The molecule has 1 aliphatic carbocycles. The van der Waals surface area contributed by atoms with Gasteiger partial charge >= 0.3 is 0 Å². The minimum Gasteiger partial charge on any atom is -0.395 e. The molecule has 3 N–H and O–H groups in total. The molecule has 0 radical (unpaired) electrons. The summed E-state index contributed by atoms with van der Waals surface area (Å²) in [5, 5.41) is 7.36. The van der Waals surface area contributed by atoms with Crippen LogP contribution in [0.2, 0.25) is 0 Å². The van der Waals surface area contributed by atoms with Gasteiger partial charge in [0.1, 0.15) is 5.69 Å². The maximum Gasteiger partial charge on any atom is 0.271 e. The Morgan fingerprint density at radius 1 is 1.44 bits per heavy atom. The highest BCUT2D eigenvalue weighted by molar-refractivity contribution is 5.98. The van der Waals surface area contributed by atoms with Crippen LogP contribution < -0.4 is 11.1 Å². The lowest BCUT2D eigenvalue weighted by Crippen LogP contribution is -2.37. The fourth-order valence-electron chi connectivity index (χ4n) is 2.56. The van der Waals surface area contributed by atoms with Gasteiger partial charge in [-0.2, -0.15) is 5.10 Å². The summed E-state index contributed by atoms with van der Waals surface area (Å²) in [4.78, 5) is 12.3. The third-order valence-electron chi connectivity index (χ3n) is 3.63. The summed E-state index contributed by atoms with van der Waals surface area (Å²) in [5.41, 5.74) is 7.69. The van der Waals surface area contributed by atoms with Crippen LogP contribution in [0.25, 0.3) is 0 Å². The number of nitrogens with one attached hydrogen (secondary N) is 1. The van der Waals surface area contributed by atoms with E-state index in [1.165, 1.54) is 19.3 Å². The van der Waals surface area contributed by atoms with E-state index < -0.39 is 0 Å². The molecular weight excluding hydrogens is 228 g/mol. The van der Waals surface area contributed by atoms with Gasteiger partial charge in [-0.1, -0.05) is 19.3 Å². The van der Waals surface area contributed by atoms with Gasteiger partial charge in [-0.15, -0.1) is 0 Å². The molecule has 0 aromatic carbocycles. The molecule has 0 atom stereocenters. The van der Waals surface area contributed by atoms with Gasteiger partial charge in [-0.3, -0.25) is 9.48 Å². The summed E-state index contributed by atoms with van der Waals surface area (Å²) in [7, 11) is 0. The third kappa shape index (κ3) is 2.49. The predicted molar refractivity (Wildman–Crippen MR) is 71.4 cm³/mol. The summed E-state index contributed by atoms with van der Waals surface area (Å²) in [6, 6.07) is 0.297. The van der Waals surface area contributed by atoms with Crippen molar-refractivity contribution >= 4 is 11.6 Å². The Morgan fingerprint density at radius 2 is 2.11 bits per heavy atom. The lowest BCUT2D eigenvalue weighted by atomic mass is 9.95. The van der Waals surface area contributed by atoms with E-state index in [0.29, 0.717) is 24.0 Å². The SMILES string of the molecule is CCn1nc(C)c(N)c1C(=O)NC1CCCCC1. The van der Waals surface area contributed by atoms with E-state index in [4.69, 9.17) is 5.73 Å². The number of aromatic nitrogens is 2. The van der Waals surface area contributed by atoms with Gasteiger partial charge in [0, 0.05) is 12.6 Å². The standard InChI is InChI=1S/C13H22N4O/c1-3-17-12(11(14)9(2)16-17)13(18)15-10-7-5-4-6-8-10/h10H,3-8,14H2,1-2H3,(H,15,18). The monoisotopic (exact) mass is 250 g/mol. The second-order valence-corrected chi connectivity index (χ2v) is 4.97. The lowest BCUT2D eigenvalue weighted by molar-refractivity contribution is 0.0918. The van der Waals surface area contributed by atoms with Gasteiger partial charge in [0.15, 0.2) is 0 Å². The van der Waals surface area contributed by atoms with E-state index in [9.17, 15) is 4.79 Å². The number of rotatable bonds is 3. The molecule has 5 heteroatoms. The Morgan fingerprint density at radius 3 is 2.72 bits per heavy atom. The first-order valence-electron chi connectivity index (χ1n) is 6.77. The second kappa shape index (κ2) is 5.42. The molecule has 1 fully saturated rings. The molecule has 1 amide bonds. The van der Waals surface area contributed by atoms with E-state index in [0.717, 1.165) is 18.5 Å². The summed E-state index contributed by atoms with van der Waals surface area (Å²) in [6.07, 6.45) is 5.83. The maximum atomic E-state index is 12.3. The second-order valence-electron chi connectivity index (χ2n) is 4.97. The van der Waals surface area contributed by atoms with E-state index in [1.54, 1.807) is 4.68 Å². The van der Waals surface area contributed by atoms with Gasteiger partial charge in [0.05, 0.1) is 11.4 Å². The van der Waals surface area contributed by atoms with Crippen molar-refractivity contribution in [2.45, 2.75) is 58.5 Å². The Bertz CT molecular complexity index is 432. The van der Waals surface area contributed by atoms with Gasteiger partial charge < -0.3 is 11.1 Å². The molecule has 1 aliphatic rings. The summed E-state index contributed by atoms with van der Waals surface area (Å²) in [6.45, 7) is 4.45. The van der Waals surface area contributed by atoms with Crippen molar-refractivity contribution in [3.63, 3.8) is 0 Å². The lowest BCUT2D eigenvalue weighted by Gasteiger charge is -2.22. The van der Waals surface area contributed by atoms with E-state index in [-0.39, 0.29) is 5.91 Å². The molecule has 1 saturated carbocycles. The molecule has 100 valence electrons. The highest BCUT2D eigenvalue weighted by atomic mass is 16.2. The first-order valence-corrected chi connectivity index (χ1v) is 6.77. The fraction of sp³-hybridized carbons (Fsp3) is 0.692. The van der Waals surface area contributed by atoms with E-state index in [2.05, 4.69) is 10.4 Å². The maximum absolute atomic E-state index is 12.3. The molecule has 18 heavy (non-hydrogen) atoms. The Balaban J connectivity index is 2.12. The summed E-state index contributed by atoms with van der Waals surface area (Å²) < 4.78 is 1.68. The molecule has 1 aromatic heterocycles. The van der Waals surface area contributed by atoms with Crippen LogP contribution in [0.1, 0.15) is 55.2 Å². The molecule has 5 nitrogen and oxygen atoms in total. The number of anilines is 1. The Hall–Kier alpha value is -1.52. The van der Waals surface area contributed by atoms with Crippen LogP contribution in [0.15, 0.2) is 0 Å². The molecule has 2 rings (SSSR count). The number of carbonyl (C=O) groups excluding carboxylic acids is 1. The number of nitrogen functional groups attached to an aromatic ring is 1. The van der Waals surface area contributed by atoms with Crippen molar-refractivity contribution in [1.82, 2.24) is 15.1 Å². The average Bonchev–Trinajstić information content (AvgIpc) is 2.66. The van der Waals surface area contributed by atoms with Gasteiger partial charge in [-0.05, 0) is 26.7 Å². The van der Waals surface area contributed by atoms with Crippen molar-refractivity contribution in [3.05, 3.63) is 11.4 Å². The first kappa shape index (κ1) is 12.9. The minimum atomic E-state index is -0.0816. The highest BCUT2D eigenvalue weighted by Crippen LogP contribution is 2.20. The molecule has 0 bridgehead atoms. The normalized spacial score (nSPS) is 16.8. The number of hydrogen-bond acceptors (Lipinski definition) is 3. The Labute approximate surface area is 108 Å². The fourth-order valence-corrected chi connectivity index (χ4v) is 2.56.